The van der Waals surface area contributed by atoms with Crippen LogP contribution in [-0.2, 0) is 21.2 Å². The van der Waals surface area contributed by atoms with Gasteiger partial charge in [-0.05, 0) is 37.0 Å². The average Bonchev–Trinajstić information content (AvgIpc) is 2.90. The minimum atomic E-state index is -3.35. The zero-order valence-corrected chi connectivity index (χ0v) is 12.7. The molecular weight excluding hydrogens is 295 g/mol. The summed E-state index contributed by atoms with van der Waals surface area (Å²) in [4.78, 5) is 12.1. The first-order valence-electron chi connectivity index (χ1n) is 6.87. The van der Waals surface area contributed by atoms with Gasteiger partial charge in [-0.3, -0.25) is 4.79 Å². The number of hydrogen-bond acceptors (Lipinski definition) is 3. The van der Waals surface area contributed by atoms with Crippen molar-refractivity contribution in [2.24, 2.45) is 0 Å². The molecule has 0 aliphatic carbocycles. The van der Waals surface area contributed by atoms with Crippen LogP contribution in [0.3, 0.4) is 0 Å². The number of nitrogens with zero attached hydrogens (tertiary/aromatic N) is 1. The van der Waals surface area contributed by atoms with Crippen LogP contribution >= 0.6 is 0 Å². The maximum absolute atomic E-state index is 12.8. The Balaban J connectivity index is 1.86. The highest BCUT2D eigenvalue weighted by molar-refractivity contribution is 7.88. The van der Waals surface area contributed by atoms with Crippen molar-refractivity contribution < 1.29 is 17.6 Å². The summed E-state index contributed by atoms with van der Waals surface area (Å²) in [6.07, 6.45) is 2.95. The molecule has 21 heavy (non-hydrogen) atoms. The molecular formula is C14H19FN2O3S. The van der Waals surface area contributed by atoms with E-state index < -0.39 is 16.1 Å². The van der Waals surface area contributed by atoms with E-state index in [4.69, 9.17) is 0 Å². The van der Waals surface area contributed by atoms with Gasteiger partial charge < -0.3 is 5.32 Å². The Bertz CT molecular complexity index is 601. The predicted molar refractivity (Wildman–Crippen MR) is 77.7 cm³/mol. The molecule has 116 valence electrons. The third-order valence-electron chi connectivity index (χ3n) is 3.56. The van der Waals surface area contributed by atoms with Crippen LogP contribution in [-0.4, -0.2) is 44.0 Å². The Morgan fingerprint density at radius 2 is 2.05 bits per heavy atom. The van der Waals surface area contributed by atoms with E-state index in [1.165, 1.54) is 16.4 Å². The van der Waals surface area contributed by atoms with Gasteiger partial charge >= 0.3 is 0 Å². The molecule has 0 unspecified atom stereocenters. The predicted octanol–water partition coefficient (Wildman–Crippen LogP) is 0.908. The molecule has 0 radical (unpaired) electrons. The van der Waals surface area contributed by atoms with E-state index in [1.54, 1.807) is 12.1 Å². The number of halogens is 1. The zero-order valence-electron chi connectivity index (χ0n) is 11.9. The van der Waals surface area contributed by atoms with Crippen LogP contribution < -0.4 is 5.32 Å². The van der Waals surface area contributed by atoms with Gasteiger partial charge in [0.25, 0.3) is 0 Å². The van der Waals surface area contributed by atoms with Crippen LogP contribution in [0.5, 0.6) is 0 Å². The summed E-state index contributed by atoms with van der Waals surface area (Å²) in [5, 5.41) is 2.75. The Labute approximate surface area is 124 Å². The summed E-state index contributed by atoms with van der Waals surface area (Å²) < 4.78 is 37.2. The molecule has 1 aliphatic heterocycles. The first-order chi connectivity index (χ1) is 9.88. The van der Waals surface area contributed by atoms with Gasteiger partial charge in [-0.1, -0.05) is 12.1 Å². The Morgan fingerprint density at radius 3 is 2.67 bits per heavy atom. The number of benzene rings is 1. The second-order valence-corrected chi connectivity index (χ2v) is 7.13. The number of nitrogens with one attached hydrogen (secondary N) is 1. The van der Waals surface area contributed by atoms with E-state index in [2.05, 4.69) is 5.32 Å². The summed E-state index contributed by atoms with van der Waals surface area (Å²) in [6, 6.07) is 5.48. The highest BCUT2D eigenvalue weighted by atomic mass is 32.2. The van der Waals surface area contributed by atoms with Crippen LogP contribution in [0.25, 0.3) is 0 Å². The fraction of sp³-hybridized carbons (Fsp3) is 0.500. The lowest BCUT2D eigenvalue weighted by atomic mass is 10.1. The smallest absolute Gasteiger partial charge is 0.238 e. The highest BCUT2D eigenvalue weighted by Gasteiger charge is 2.36. The summed E-state index contributed by atoms with van der Waals surface area (Å²) in [5.41, 5.74) is 0.920. The van der Waals surface area contributed by atoms with Crippen LogP contribution in [0, 0.1) is 5.82 Å². The van der Waals surface area contributed by atoms with E-state index in [0.717, 1.165) is 11.8 Å². The second kappa shape index (κ2) is 6.53. The lowest BCUT2D eigenvalue weighted by molar-refractivity contribution is -0.124. The monoisotopic (exact) mass is 314 g/mol. The minimum Gasteiger partial charge on any atom is -0.354 e. The summed E-state index contributed by atoms with van der Waals surface area (Å²) >= 11 is 0. The van der Waals surface area contributed by atoms with E-state index in [-0.39, 0.29) is 11.7 Å². The van der Waals surface area contributed by atoms with E-state index >= 15 is 0 Å². The van der Waals surface area contributed by atoms with Gasteiger partial charge in [-0.25, -0.2) is 12.8 Å². The molecule has 1 saturated heterocycles. The number of carbonyl (C=O) groups excluding carboxylic acids is 1. The zero-order chi connectivity index (χ0) is 15.5. The van der Waals surface area contributed by atoms with Gasteiger partial charge in [0.1, 0.15) is 11.9 Å². The quantitative estimate of drug-likeness (QED) is 0.878. The summed E-state index contributed by atoms with van der Waals surface area (Å²) in [6.45, 7) is 0.799. The van der Waals surface area contributed by atoms with E-state index in [9.17, 15) is 17.6 Å². The number of sulfonamides is 1. The lowest BCUT2D eigenvalue weighted by Crippen LogP contribution is -2.45. The minimum absolute atomic E-state index is 0.264. The van der Waals surface area contributed by atoms with Crippen LogP contribution in [0.2, 0.25) is 0 Å². The third kappa shape index (κ3) is 4.25. The van der Waals surface area contributed by atoms with Crippen LogP contribution in [0.1, 0.15) is 18.4 Å². The lowest BCUT2D eigenvalue weighted by Gasteiger charge is -2.21. The standard InChI is InChI=1S/C14H19FN2O3S/c1-21(19,20)17-10-2-3-13(17)14(18)16-9-8-11-4-6-12(15)7-5-11/h4-7,13H,2-3,8-10H2,1H3,(H,16,18)/t13-/m1/s1. The van der Waals surface area contributed by atoms with Gasteiger partial charge in [-0.2, -0.15) is 4.31 Å². The van der Waals surface area contributed by atoms with Gasteiger partial charge in [0, 0.05) is 13.1 Å². The Morgan fingerprint density at radius 1 is 1.38 bits per heavy atom. The molecule has 5 nitrogen and oxygen atoms in total. The molecule has 0 spiro atoms. The molecule has 1 fully saturated rings. The van der Waals surface area contributed by atoms with Crippen molar-refractivity contribution in [3.05, 3.63) is 35.6 Å². The van der Waals surface area contributed by atoms with E-state index in [0.29, 0.717) is 32.4 Å². The van der Waals surface area contributed by atoms with E-state index in [1.807, 2.05) is 0 Å². The van der Waals surface area contributed by atoms with Crippen LogP contribution in [0.4, 0.5) is 4.39 Å². The summed E-state index contributed by atoms with van der Waals surface area (Å²) in [5.74, 6) is -0.558. The van der Waals surface area contributed by atoms with Crippen LogP contribution in [0.15, 0.2) is 24.3 Å². The van der Waals surface area contributed by atoms with Crippen molar-refractivity contribution in [3.8, 4) is 0 Å². The number of amides is 1. The molecule has 1 aromatic rings. The van der Waals surface area contributed by atoms with Crippen molar-refractivity contribution >= 4 is 15.9 Å². The Kier molecular flexibility index (Phi) is 4.95. The largest absolute Gasteiger partial charge is 0.354 e. The second-order valence-electron chi connectivity index (χ2n) is 5.20. The van der Waals surface area contributed by atoms with Gasteiger partial charge in [0.2, 0.25) is 15.9 Å². The number of rotatable bonds is 5. The van der Waals surface area contributed by atoms with Crippen molar-refractivity contribution in [1.82, 2.24) is 9.62 Å². The molecule has 1 amide bonds. The number of carbonyl (C=O) groups is 1. The molecule has 7 heteroatoms. The van der Waals surface area contributed by atoms with Crippen molar-refractivity contribution in [3.63, 3.8) is 0 Å². The maximum Gasteiger partial charge on any atom is 0.238 e. The van der Waals surface area contributed by atoms with Gasteiger partial charge in [0.05, 0.1) is 6.26 Å². The first-order valence-corrected chi connectivity index (χ1v) is 8.72. The summed E-state index contributed by atoms with van der Waals surface area (Å²) in [7, 11) is -3.35. The third-order valence-corrected chi connectivity index (χ3v) is 4.85. The fourth-order valence-corrected chi connectivity index (χ4v) is 3.62. The normalized spacial score (nSPS) is 19.6. The molecule has 0 aromatic heterocycles. The maximum atomic E-state index is 12.8. The SMILES string of the molecule is CS(=O)(=O)N1CCC[C@@H]1C(=O)NCCc1ccc(F)cc1. The van der Waals surface area contributed by atoms with Gasteiger partial charge in [-0.15, -0.1) is 0 Å². The topological polar surface area (TPSA) is 66.5 Å². The Hall–Kier alpha value is -1.47. The van der Waals surface area contributed by atoms with Crippen molar-refractivity contribution in [2.75, 3.05) is 19.3 Å². The molecule has 2 rings (SSSR count). The van der Waals surface area contributed by atoms with Gasteiger partial charge in [0.15, 0.2) is 0 Å². The molecule has 0 saturated carbocycles. The molecule has 0 bridgehead atoms. The molecule has 1 aromatic carbocycles. The van der Waals surface area contributed by atoms with Crippen molar-refractivity contribution in [1.29, 1.82) is 0 Å². The first kappa shape index (κ1) is 15.9. The molecule has 1 aliphatic rings. The molecule has 1 heterocycles. The fourth-order valence-electron chi connectivity index (χ4n) is 2.50. The highest BCUT2D eigenvalue weighted by Crippen LogP contribution is 2.20. The molecule has 1 N–H and O–H groups in total. The average molecular weight is 314 g/mol. The number of hydrogen-bond donors (Lipinski definition) is 1. The van der Waals surface area contributed by atoms with Crippen molar-refractivity contribution in [2.45, 2.75) is 25.3 Å². The molecule has 1 atom stereocenters.